The smallest absolute Gasteiger partial charge is 0.407 e. The fourth-order valence-corrected chi connectivity index (χ4v) is 1.62. The number of carbonyl (C=O) groups is 1. The standard InChI is InChI=1S/C11H20N4O4/c1-11(2,3)19-10(16)13-5-7-14-6-4-12-9(14)8-15(17)18/h8,12H,4-7H2,1-3H3,(H,13,16). The van der Waals surface area contributed by atoms with Gasteiger partial charge in [0.05, 0.1) is 4.92 Å². The van der Waals surface area contributed by atoms with Crippen LogP contribution in [0.1, 0.15) is 20.8 Å². The monoisotopic (exact) mass is 272 g/mol. The summed E-state index contributed by atoms with van der Waals surface area (Å²) in [5.41, 5.74) is -0.532. The van der Waals surface area contributed by atoms with E-state index >= 15 is 0 Å². The normalized spacial score (nSPS) is 17.2. The Morgan fingerprint density at radius 1 is 1.63 bits per heavy atom. The minimum atomic E-state index is -0.532. The van der Waals surface area contributed by atoms with Crippen LogP contribution in [0.4, 0.5) is 4.79 Å². The largest absolute Gasteiger partial charge is 0.444 e. The number of nitro groups is 1. The molecule has 2 N–H and O–H groups in total. The Kier molecular flexibility index (Phi) is 4.96. The molecule has 1 rings (SSSR count). The molecule has 8 nitrogen and oxygen atoms in total. The van der Waals surface area contributed by atoms with Gasteiger partial charge in [-0.3, -0.25) is 10.1 Å². The van der Waals surface area contributed by atoms with Crippen molar-refractivity contribution in [3.8, 4) is 0 Å². The van der Waals surface area contributed by atoms with Crippen molar-refractivity contribution in [1.82, 2.24) is 15.5 Å². The molecule has 0 aromatic carbocycles. The highest BCUT2D eigenvalue weighted by atomic mass is 16.6. The first kappa shape index (κ1) is 15.1. The lowest BCUT2D eigenvalue weighted by molar-refractivity contribution is -0.404. The molecule has 1 heterocycles. The van der Waals surface area contributed by atoms with Gasteiger partial charge in [0.1, 0.15) is 5.60 Å². The van der Waals surface area contributed by atoms with Crippen LogP contribution in [0.25, 0.3) is 0 Å². The summed E-state index contributed by atoms with van der Waals surface area (Å²) in [7, 11) is 0. The first-order valence-electron chi connectivity index (χ1n) is 6.09. The molecule has 1 fully saturated rings. The second-order valence-electron chi connectivity index (χ2n) is 5.14. The van der Waals surface area contributed by atoms with Crippen LogP contribution < -0.4 is 10.6 Å². The summed E-state index contributed by atoms with van der Waals surface area (Å²) < 4.78 is 5.09. The molecule has 1 aliphatic rings. The number of alkyl carbamates (subject to hydrolysis) is 1. The molecule has 1 amide bonds. The predicted octanol–water partition coefficient (Wildman–Crippen LogP) is 0.492. The van der Waals surface area contributed by atoms with E-state index in [4.69, 9.17) is 4.74 Å². The zero-order chi connectivity index (χ0) is 14.5. The molecule has 0 aromatic heterocycles. The molecule has 0 atom stereocenters. The van der Waals surface area contributed by atoms with Gasteiger partial charge in [-0.15, -0.1) is 0 Å². The van der Waals surface area contributed by atoms with Crippen molar-refractivity contribution in [3.63, 3.8) is 0 Å². The number of ether oxygens (including phenoxy) is 1. The minimum absolute atomic E-state index is 0.367. The number of hydrogen-bond donors (Lipinski definition) is 2. The predicted molar refractivity (Wildman–Crippen MR) is 68.9 cm³/mol. The highest BCUT2D eigenvalue weighted by Crippen LogP contribution is 2.07. The minimum Gasteiger partial charge on any atom is -0.444 e. The fourth-order valence-electron chi connectivity index (χ4n) is 1.62. The van der Waals surface area contributed by atoms with Gasteiger partial charge in [-0.25, -0.2) is 4.79 Å². The number of nitrogens with one attached hydrogen (secondary N) is 2. The Morgan fingerprint density at radius 3 is 2.89 bits per heavy atom. The van der Waals surface area contributed by atoms with Crippen molar-refractivity contribution >= 4 is 6.09 Å². The Morgan fingerprint density at radius 2 is 2.32 bits per heavy atom. The van der Waals surface area contributed by atoms with Gasteiger partial charge in [0.15, 0.2) is 5.82 Å². The third kappa shape index (κ3) is 5.94. The van der Waals surface area contributed by atoms with E-state index in [2.05, 4.69) is 10.6 Å². The van der Waals surface area contributed by atoms with Crippen LogP contribution in [-0.4, -0.2) is 47.7 Å². The van der Waals surface area contributed by atoms with Crippen LogP contribution in [0.15, 0.2) is 12.0 Å². The number of amides is 1. The molecule has 0 spiro atoms. The molecular formula is C11H20N4O4. The van der Waals surface area contributed by atoms with E-state index in [1.165, 1.54) is 0 Å². The summed E-state index contributed by atoms with van der Waals surface area (Å²) in [6.45, 7) is 7.55. The van der Waals surface area contributed by atoms with Gasteiger partial charge in [-0.2, -0.15) is 0 Å². The maximum Gasteiger partial charge on any atom is 0.407 e. The quantitative estimate of drug-likeness (QED) is 0.571. The lowest BCUT2D eigenvalue weighted by Gasteiger charge is -2.21. The van der Waals surface area contributed by atoms with Gasteiger partial charge >= 0.3 is 6.09 Å². The Hall–Kier alpha value is -1.99. The zero-order valence-electron chi connectivity index (χ0n) is 11.4. The highest BCUT2D eigenvalue weighted by Gasteiger charge is 2.20. The van der Waals surface area contributed by atoms with Crippen molar-refractivity contribution in [2.45, 2.75) is 26.4 Å². The van der Waals surface area contributed by atoms with E-state index in [-0.39, 0.29) is 0 Å². The topological polar surface area (TPSA) is 96.7 Å². The van der Waals surface area contributed by atoms with E-state index in [0.29, 0.717) is 32.0 Å². The van der Waals surface area contributed by atoms with Gasteiger partial charge in [0.25, 0.3) is 6.20 Å². The Balaban J connectivity index is 2.33. The molecule has 1 aliphatic heterocycles. The van der Waals surface area contributed by atoms with Gasteiger partial charge in [-0.05, 0) is 20.8 Å². The summed E-state index contributed by atoms with van der Waals surface area (Å²) in [5, 5.41) is 15.9. The molecule has 8 heteroatoms. The maximum absolute atomic E-state index is 11.4. The van der Waals surface area contributed by atoms with Gasteiger partial charge in [0, 0.05) is 26.2 Å². The second kappa shape index (κ2) is 6.26. The summed E-state index contributed by atoms with van der Waals surface area (Å²) >= 11 is 0. The summed E-state index contributed by atoms with van der Waals surface area (Å²) in [6.07, 6.45) is 0.444. The average Bonchev–Trinajstić information content (AvgIpc) is 2.62. The molecule has 0 aromatic rings. The molecule has 0 saturated carbocycles. The fraction of sp³-hybridized carbons (Fsp3) is 0.727. The van der Waals surface area contributed by atoms with Crippen LogP contribution in [-0.2, 0) is 4.74 Å². The molecule has 108 valence electrons. The number of nitrogens with zero attached hydrogens (tertiary/aromatic N) is 2. The van der Waals surface area contributed by atoms with Gasteiger partial charge in [-0.1, -0.05) is 0 Å². The van der Waals surface area contributed by atoms with E-state index < -0.39 is 16.6 Å². The molecule has 19 heavy (non-hydrogen) atoms. The van der Waals surface area contributed by atoms with Crippen molar-refractivity contribution in [2.75, 3.05) is 26.2 Å². The van der Waals surface area contributed by atoms with E-state index in [1.54, 1.807) is 25.7 Å². The summed E-state index contributed by atoms with van der Waals surface area (Å²) in [4.78, 5) is 23.1. The molecule has 0 aliphatic carbocycles. The highest BCUT2D eigenvalue weighted by molar-refractivity contribution is 5.67. The van der Waals surface area contributed by atoms with Crippen molar-refractivity contribution in [2.24, 2.45) is 0 Å². The van der Waals surface area contributed by atoms with Gasteiger partial charge in [0.2, 0.25) is 0 Å². The molecule has 1 saturated heterocycles. The molecule has 0 radical (unpaired) electrons. The van der Waals surface area contributed by atoms with Crippen LogP contribution in [0, 0.1) is 10.1 Å². The third-order valence-electron chi connectivity index (χ3n) is 2.31. The summed E-state index contributed by atoms with van der Waals surface area (Å²) in [5.74, 6) is 0.469. The zero-order valence-corrected chi connectivity index (χ0v) is 11.4. The van der Waals surface area contributed by atoms with Crippen LogP contribution in [0.5, 0.6) is 0 Å². The third-order valence-corrected chi connectivity index (χ3v) is 2.31. The maximum atomic E-state index is 11.4. The van der Waals surface area contributed by atoms with Crippen LogP contribution in [0.2, 0.25) is 0 Å². The number of rotatable bonds is 4. The molecule has 0 bridgehead atoms. The SMILES string of the molecule is CC(C)(C)OC(=O)NCCN1CCNC1=C[N+](=O)[O-]. The van der Waals surface area contributed by atoms with Gasteiger partial charge < -0.3 is 20.3 Å². The van der Waals surface area contributed by atoms with Crippen LogP contribution >= 0.6 is 0 Å². The Labute approximate surface area is 111 Å². The Bertz CT molecular complexity index is 375. The van der Waals surface area contributed by atoms with Crippen molar-refractivity contribution < 1.29 is 14.5 Å². The van der Waals surface area contributed by atoms with Crippen LogP contribution in [0.3, 0.4) is 0 Å². The van der Waals surface area contributed by atoms with E-state index in [0.717, 1.165) is 6.20 Å². The lowest BCUT2D eigenvalue weighted by Crippen LogP contribution is -2.37. The number of carbonyl (C=O) groups excluding carboxylic acids is 1. The first-order chi connectivity index (χ1) is 8.78. The van der Waals surface area contributed by atoms with E-state index in [9.17, 15) is 14.9 Å². The summed E-state index contributed by atoms with van der Waals surface area (Å²) in [6, 6.07) is 0. The average molecular weight is 272 g/mol. The first-order valence-corrected chi connectivity index (χ1v) is 6.09. The lowest BCUT2D eigenvalue weighted by atomic mass is 10.2. The molecular weight excluding hydrogens is 252 g/mol. The van der Waals surface area contributed by atoms with Crippen molar-refractivity contribution in [3.05, 3.63) is 22.1 Å². The van der Waals surface area contributed by atoms with E-state index in [1.807, 2.05) is 0 Å². The van der Waals surface area contributed by atoms with Crippen molar-refractivity contribution in [1.29, 1.82) is 0 Å². The molecule has 0 unspecified atom stereocenters. The number of hydrogen-bond acceptors (Lipinski definition) is 6. The second-order valence-corrected chi connectivity index (χ2v) is 5.14.